The Morgan fingerprint density at radius 1 is 1.37 bits per heavy atom. The smallest absolute Gasteiger partial charge is 0.168 e. The Morgan fingerprint density at radius 2 is 2.05 bits per heavy atom. The molecule has 19 heavy (non-hydrogen) atoms. The van der Waals surface area contributed by atoms with Crippen LogP contribution in [0.5, 0.6) is 0 Å². The van der Waals surface area contributed by atoms with Gasteiger partial charge in [0.2, 0.25) is 0 Å². The van der Waals surface area contributed by atoms with Crippen LogP contribution >= 0.6 is 11.3 Å². The molecule has 1 aromatic carbocycles. The first kappa shape index (κ1) is 12.5. The lowest BCUT2D eigenvalue weighted by Crippen LogP contribution is -2.03. The van der Waals surface area contributed by atoms with Gasteiger partial charge in [-0.05, 0) is 11.8 Å². The van der Waals surface area contributed by atoms with Gasteiger partial charge in [-0.15, -0.1) is 11.3 Å². The maximum atomic E-state index is 12.1. The number of aromatic nitrogens is 1. The molecule has 3 heteroatoms. The van der Waals surface area contributed by atoms with Gasteiger partial charge in [0.1, 0.15) is 0 Å². The third-order valence-corrected chi connectivity index (χ3v) is 4.83. The van der Waals surface area contributed by atoms with Crippen molar-refractivity contribution in [3.8, 4) is 0 Å². The van der Waals surface area contributed by atoms with E-state index < -0.39 is 0 Å². The van der Waals surface area contributed by atoms with Crippen LogP contribution in [-0.2, 0) is 6.42 Å². The van der Waals surface area contributed by atoms with Crippen molar-refractivity contribution in [2.75, 3.05) is 0 Å². The lowest BCUT2D eigenvalue weighted by atomic mass is 10.1. The highest BCUT2D eigenvalue weighted by molar-refractivity contribution is 7.09. The highest BCUT2D eigenvalue weighted by Gasteiger charge is 2.48. The molecular formula is C16H17NOS. The standard InChI is InChI=1S/C16H17NOS/c1-16(2)9-13(16)15-17-12(10-19-15)8-14(18)11-6-4-3-5-7-11/h3-7,10,13H,8-9H2,1-2H3. The molecule has 1 saturated carbocycles. The number of Topliss-reactive ketones (excluding diaryl/α,β-unsaturated/α-hetero) is 1. The van der Waals surface area contributed by atoms with E-state index >= 15 is 0 Å². The fourth-order valence-electron chi connectivity index (χ4n) is 2.34. The van der Waals surface area contributed by atoms with Crippen molar-refractivity contribution in [3.05, 3.63) is 52.0 Å². The summed E-state index contributed by atoms with van der Waals surface area (Å²) in [6.07, 6.45) is 1.63. The molecule has 0 amide bonds. The maximum Gasteiger partial charge on any atom is 0.168 e. The van der Waals surface area contributed by atoms with Crippen molar-refractivity contribution in [2.24, 2.45) is 5.41 Å². The predicted molar refractivity (Wildman–Crippen MR) is 77.7 cm³/mol. The van der Waals surface area contributed by atoms with Crippen LogP contribution in [0.25, 0.3) is 0 Å². The Bertz CT molecular complexity index is 600. The van der Waals surface area contributed by atoms with Gasteiger partial charge in [-0.2, -0.15) is 0 Å². The largest absolute Gasteiger partial charge is 0.294 e. The average Bonchev–Trinajstić information content (AvgIpc) is 2.84. The Morgan fingerprint density at radius 3 is 2.68 bits per heavy atom. The summed E-state index contributed by atoms with van der Waals surface area (Å²) in [5.41, 5.74) is 2.08. The highest BCUT2D eigenvalue weighted by atomic mass is 32.1. The molecule has 0 aliphatic heterocycles. The fourth-order valence-corrected chi connectivity index (χ4v) is 3.47. The minimum atomic E-state index is 0.146. The topological polar surface area (TPSA) is 30.0 Å². The number of nitrogens with zero attached hydrogens (tertiary/aromatic N) is 1. The zero-order valence-corrected chi connectivity index (χ0v) is 12.0. The molecule has 1 atom stereocenters. The van der Waals surface area contributed by atoms with Gasteiger partial charge in [0, 0.05) is 16.9 Å². The number of hydrogen-bond donors (Lipinski definition) is 0. The molecule has 1 aliphatic carbocycles. The minimum Gasteiger partial charge on any atom is -0.294 e. The van der Waals surface area contributed by atoms with Crippen LogP contribution in [0.2, 0.25) is 0 Å². The first-order valence-corrected chi connectivity index (χ1v) is 7.47. The lowest BCUT2D eigenvalue weighted by molar-refractivity contribution is 0.0992. The number of ketones is 1. The van der Waals surface area contributed by atoms with Gasteiger partial charge in [-0.1, -0.05) is 44.2 Å². The van der Waals surface area contributed by atoms with Crippen molar-refractivity contribution >= 4 is 17.1 Å². The SMILES string of the molecule is CC1(C)CC1c1nc(CC(=O)c2ccccc2)cs1. The second-order valence-corrected chi connectivity index (χ2v) is 6.78. The first-order chi connectivity index (χ1) is 9.06. The Hall–Kier alpha value is -1.48. The third kappa shape index (κ3) is 2.61. The lowest BCUT2D eigenvalue weighted by Gasteiger charge is -1.99. The summed E-state index contributed by atoms with van der Waals surface area (Å²) in [5, 5.41) is 3.23. The molecule has 1 aliphatic rings. The Balaban J connectivity index is 1.70. The van der Waals surface area contributed by atoms with Gasteiger partial charge >= 0.3 is 0 Å². The van der Waals surface area contributed by atoms with E-state index in [1.807, 2.05) is 35.7 Å². The molecule has 0 N–H and O–H groups in total. The number of benzene rings is 1. The van der Waals surface area contributed by atoms with Crippen LogP contribution in [0.4, 0.5) is 0 Å². The average molecular weight is 271 g/mol. The highest BCUT2D eigenvalue weighted by Crippen LogP contribution is 2.59. The van der Waals surface area contributed by atoms with Crippen molar-refractivity contribution in [1.29, 1.82) is 0 Å². The molecule has 1 unspecified atom stereocenters. The molecule has 98 valence electrons. The summed E-state index contributed by atoms with van der Waals surface area (Å²) in [4.78, 5) is 16.7. The van der Waals surface area contributed by atoms with Crippen LogP contribution < -0.4 is 0 Å². The molecule has 0 bridgehead atoms. The second-order valence-electron chi connectivity index (χ2n) is 5.89. The van der Waals surface area contributed by atoms with E-state index in [1.54, 1.807) is 11.3 Å². The summed E-state index contributed by atoms with van der Waals surface area (Å²) in [7, 11) is 0. The number of carbonyl (C=O) groups excluding carboxylic acids is 1. The van der Waals surface area contributed by atoms with Crippen molar-refractivity contribution in [1.82, 2.24) is 4.98 Å². The van der Waals surface area contributed by atoms with E-state index in [1.165, 1.54) is 11.4 Å². The van der Waals surface area contributed by atoms with E-state index in [4.69, 9.17) is 0 Å². The van der Waals surface area contributed by atoms with E-state index in [0.717, 1.165) is 11.3 Å². The van der Waals surface area contributed by atoms with E-state index in [9.17, 15) is 4.79 Å². The molecule has 1 heterocycles. The number of thiazole rings is 1. The Labute approximate surface area is 117 Å². The molecule has 2 nitrogen and oxygen atoms in total. The van der Waals surface area contributed by atoms with Crippen molar-refractivity contribution < 1.29 is 4.79 Å². The fraction of sp³-hybridized carbons (Fsp3) is 0.375. The molecule has 1 fully saturated rings. The molecule has 2 aromatic rings. The summed E-state index contributed by atoms with van der Waals surface area (Å²) in [6, 6.07) is 9.44. The van der Waals surface area contributed by atoms with Gasteiger partial charge in [-0.25, -0.2) is 4.98 Å². The van der Waals surface area contributed by atoms with E-state index in [-0.39, 0.29) is 5.78 Å². The zero-order chi connectivity index (χ0) is 13.5. The first-order valence-electron chi connectivity index (χ1n) is 6.59. The van der Waals surface area contributed by atoms with Crippen molar-refractivity contribution in [2.45, 2.75) is 32.6 Å². The van der Waals surface area contributed by atoms with Gasteiger partial charge < -0.3 is 0 Å². The summed E-state index contributed by atoms with van der Waals surface area (Å²) in [6.45, 7) is 4.54. The number of hydrogen-bond acceptors (Lipinski definition) is 3. The quantitative estimate of drug-likeness (QED) is 0.784. The maximum absolute atomic E-state index is 12.1. The molecular weight excluding hydrogens is 254 g/mol. The minimum absolute atomic E-state index is 0.146. The summed E-state index contributed by atoms with van der Waals surface area (Å²) in [5.74, 6) is 0.741. The van der Waals surface area contributed by atoms with Crippen LogP contribution in [-0.4, -0.2) is 10.8 Å². The summed E-state index contributed by atoms with van der Waals surface area (Å²) >= 11 is 1.70. The van der Waals surface area contributed by atoms with Crippen LogP contribution in [0.3, 0.4) is 0 Å². The van der Waals surface area contributed by atoms with E-state index in [0.29, 0.717) is 17.8 Å². The zero-order valence-electron chi connectivity index (χ0n) is 11.2. The molecule has 3 rings (SSSR count). The molecule has 0 saturated heterocycles. The predicted octanol–water partition coefficient (Wildman–Crippen LogP) is 4.08. The van der Waals surface area contributed by atoms with Crippen LogP contribution in [0.1, 0.15) is 47.2 Å². The van der Waals surface area contributed by atoms with Gasteiger partial charge in [0.05, 0.1) is 17.1 Å². The van der Waals surface area contributed by atoms with Crippen LogP contribution in [0, 0.1) is 5.41 Å². The number of rotatable bonds is 4. The normalized spacial score (nSPS) is 20.2. The molecule has 0 spiro atoms. The van der Waals surface area contributed by atoms with Crippen LogP contribution in [0.15, 0.2) is 35.7 Å². The van der Waals surface area contributed by atoms with Gasteiger partial charge in [-0.3, -0.25) is 4.79 Å². The molecule has 1 aromatic heterocycles. The second kappa shape index (κ2) is 4.57. The van der Waals surface area contributed by atoms with Gasteiger partial charge in [0.15, 0.2) is 5.78 Å². The van der Waals surface area contributed by atoms with Gasteiger partial charge in [0.25, 0.3) is 0 Å². The monoisotopic (exact) mass is 271 g/mol. The number of carbonyl (C=O) groups is 1. The van der Waals surface area contributed by atoms with E-state index in [2.05, 4.69) is 18.8 Å². The third-order valence-electron chi connectivity index (χ3n) is 3.82. The summed E-state index contributed by atoms with van der Waals surface area (Å²) < 4.78 is 0. The Kier molecular flexibility index (Phi) is 3.02. The van der Waals surface area contributed by atoms with Crippen molar-refractivity contribution in [3.63, 3.8) is 0 Å². The molecule has 0 radical (unpaired) electrons.